The predicted octanol–water partition coefficient (Wildman–Crippen LogP) is 2.20. The molecule has 0 radical (unpaired) electrons. The average Bonchev–Trinajstić information content (AvgIpc) is 2.78. The van der Waals surface area contributed by atoms with Crippen LogP contribution in [0.1, 0.15) is 49.0 Å². The lowest BCUT2D eigenvalue weighted by molar-refractivity contribution is 0.0401. The quantitative estimate of drug-likeness (QED) is 0.860. The lowest BCUT2D eigenvalue weighted by Gasteiger charge is -2.36. The molecule has 1 aliphatic heterocycles. The first-order valence-corrected chi connectivity index (χ1v) is 6.19. The zero-order valence-corrected chi connectivity index (χ0v) is 10.7. The van der Waals surface area contributed by atoms with Crippen molar-refractivity contribution in [2.75, 3.05) is 13.2 Å². The van der Waals surface area contributed by atoms with Crippen molar-refractivity contribution >= 4 is 5.97 Å². The molecule has 1 aromatic rings. The number of furan rings is 1. The van der Waals surface area contributed by atoms with Crippen molar-refractivity contribution in [3.63, 3.8) is 0 Å². The van der Waals surface area contributed by atoms with Crippen LogP contribution >= 0.6 is 0 Å². The Morgan fingerprint density at radius 1 is 1.44 bits per heavy atom. The van der Waals surface area contributed by atoms with Gasteiger partial charge in [-0.2, -0.15) is 0 Å². The molecule has 0 amide bonds. The lowest BCUT2D eigenvalue weighted by Crippen LogP contribution is -2.47. The second kappa shape index (κ2) is 5.12. The van der Waals surface area contributed by atoms with Gasteiger partial charge in [0.15, 0.2) is 0 Å². The molecule has 100 valence electrons. The Kier molecular flexibility index (Phi) is 3.73. The summed E-state index contributed by atoms with van der Waals surface area (Å²) >= 11 is 0. The van der Waals surface area contributed by atoms with Crippen molar-refractivity contribution in [1.82, 2.24) is 5.32 Å². The molecule has 5 heteroatoms. The van der Waals surface area contributed by atoms with Gasteiger partial charge in [0, 0.05) is 18.8 Å². The van der Waals surface area contributed by atoms with E-state index in [0.717, 1.165) is 26.1 Å². The standard InChI is InChI=1S/C13H19NO4/c1-9(10-3-4-11(18-10)12(15)16)14-13(2)5-7-17-8-6-13/h3-4,9,14H,5-8H2,1-2H3,(H,15,16). The molecule has 0 saturated carbocycles. The van der Waals surface area contributed by atoms with E-state index in [-0.39, 0.29) is 17.3 Å². The van der Waals surface area contributed by atoms with Crippen LogP contribution in [0.25, 0.3) is 0 Å². The van der Waals surface area contributed by atoms with Gasteiger partial charge in [0.25, 0.3) is 0 Å². The Balaban J connectivity index is 2.01. The highest BCUT2D eigenvalue weighted by molar-refractivity contribution is 5.84. The Bertz CT molecular complexity index is 420. The summed E-state index contributed by atoms with van der Waals surface area (Å²) < 4.78 is 10.6. The fourth-order valence-electron chi connectivity index (χ4n) is 2.26. The Morgan fingerprint density at radius 3 is 2.67 bits per heavy atom. The van der Waals surface area contributed by atoms with Crippen LogP contribution in [0.5, 0.6) is 0 Å². The number of carboxylic acid groups (broad SMARTS) is 1. The van der Waals surface area contributed by atoms with Gasteiger partial charge in [-0.15, -0.1) is 0 Å². The number of carbonyl (C=O) groups is 1. The minimum Gasteiger partial charge on any atom is -0.475 e. The zero-order valence-electron chi connectivity index (χ0n) is 10.7. The molecule has 1 aliphatic rings. The smallest absolute Gasteiger partial charge is 0.371 e. The fourth-order valence-corrected chi connectivity index (χ4v) is 2.26. The Labute approximate surface area is 106 Å². The minimum absolute atomic E-state index is 0.0128. The molecule has 2 N–H and O–H groups in total. The van der Waals surface area contributed by atoms with Crippen molar-refractivity contribution in [1.29, 1.82) is 0 Å². The molecular weight excluding hydrogens is 234 g/mol. The number of hydrogen-bond acceptors (Lipinski definition) is 4. The molecular formula is C13H19NO4. The summed E-state index contributed by atoms with van der Waals surface area (Å²) in [5.74, 6) is -0.401. The molecule has 1 saturated heterocycles. The number of carboxylic acids is 1. The molecule has 1 unspecified atom stereocenters. The van der Waals surface area contributed by atoms with E-state index < -0.39 is 5.97 Å². The van der Waals surface area contributed by atoms with Crippen molar-refractivity contribution in [3.8, 4) is 0 Å². The van der Waals surface area contributed by atoms with E-state index in [1.807, 2.05) is 6.92 Å². The second-order valence-corrected chi connectivity index (χ2v) is 5.05. The topological polar surface area (TPSA) is 71.7 Å². The van der Waals surface area contributed by atoms with Gasteiger partial charge in [-0.3, -0.25) is 0 Å². The molecule has 0 aromatic carbocycles. The van der Waals surface area contributed by atoms with Crippen molar-refractivity contribution in [2.24, 2.45) is 0 Å². The van der Waals surface area contributed by atoms with Gasteiger partial charge in [0.1, 0.15) is 5.76 Å². The monoisotopic (exact) mass is 253 g/mol. The maximum atomic E-state index is 10.8. The molecule has 1 aromatic heterocycles. The highest BCUT2D eigenvalue weighted by Crippen LogP contribution is 2.25. The van der Waals surface area contributed by atoms with E-state index in [9.17, 15) is 4.79 Å². The molecule has 18 heavy (non-hydrogen) atoms. The van der Waals surface area contributed by atoms with E-state index in [1.165, 1.54) is 6.07 Å². The summed E-state index contributed by atoms with van der Waals surface area (Å²) in [4.78, 5) is 10.8. The molecule has 1 fully saturated rings. The first kappa shape index (κ1) is 13.1. The highest BCUT2D eigenvalue weighted by atomic mass is 16.5. The summed E-state index contributed by atoms with van der Waals surface area (Å²) in [6, 6.07) is 3.19. The van der Waals surface area contributed by atoms with Crippen LogP contribution in [-0.2, 0) is 4.74 Å². The number of rotatable bonds is 4. The predicted molar refractivity (Wildman–Crippen MR) is 65.7 cm³/mol. The summed E-state index contributed by atoms with van der Waals surface area (Å²) in [7, 11) is 0. The summed E-state index contributed by atoms with van der Waals surface area (Å²) in [6.45, 7) is 5.65. The van der Waals surface area contributed by atoms with Gasteiger partial charge in [-0.05, 0) is 38.8 Å². The van der Waals surface area contributed by atoms with Crippen molar-refractivity contribution in [2.45, 2.75) is 38.3 Å². The zero-order chi connectivity index (χ0) is 13.2. The van der Waals surface area contributed by atoms with Crippen molar-refractivity contribution < 1.29 is 19.1 Å². The summed E-state index contributed by atoms with van der Waals surface area (Å²) in [5, 5.41) is 12.3. The van der Waals surface area contributed by atoms with Gasteiger partial charge in [0.05, 0.1) is 6.04 Å². The van der Waals surface area contributed by atoms with Crippen LogP contribution in [0, 0.1) is 0 Å². The van der Waals surface area contributed by atoms with Crippen molar-refractivity contribution in [3.05, 3.63) is 23.7 Å². The van der Waals surface area contributed by atoms with E-state index in [1.54, 1.807) is 6.07 Å². The van der Waals surface area contributed by atoms with Crippen LogP contribution in [0.15, 0.2) is 16.5 Å². The maximum absolute atomic E-state index is 10.8. The number of aromatic carboxylic acids is 1. The van der Waals surface area contributed by atoms with Crippen LogP contribution in [-0.4, -0.2) is 29.8 Å². The lowest BCUT2D eigenvalue weighted by atomic mass is 9.91. The SMILES string of the molecule is CC(NC1(C)CCOCC1)c1ccc(C(=O)O)o1. The van der Waals surface area contributed by atoms with Crippen LogP contribution in [0.3, 0.4) is 0 Å². The average molecular weight is 253 g/mol. The summed E-state index contributed by atoms with van der Waals surface area (Å²) in [5.41, 5.74) is 0.0217. The molecule has 2 heterocycles. The normalized spacial score (nSPS) is 20.6. The molecule has 1 atom stereocenters. The first-order valence-electron chi connectivity index (χ1n) is 6.19. The van der Waals surface area contributed by atoms with Crippen LogP contribution in [0.4, 0.5) is 0 Å². The van der Waals surface area contributed by atoms with Gasteiger partial charge in [0.2, 0.25) is 5.76 Å². The van der Waals surface area contributed by atoms with E-state index in [0.29, 0.717) is 5.76 Å². The van der Waals surface area contributed by atoms with Gasteiger partial charge in [-0.1, -0.05) is 0 Å². The van der Waals surface area contributed by atoms with E-state index in [4.69, 9.17) is 14.3 Å². The van der Waals surface area contributed by atoms with Gasteiger partial charge < -0.3 is 19.6 Å². The highest BCUT2D eigenvalue weighted by Gasteiger charge is 2.29. The third-order valence-electron chi connectivity index (χ3n) is 3.43. The van der Waals surface area contributed by atoms with Gasteiger partial charge >= 0.3 is 5.97 Å². The molecule has 0 spiro atoms. The van der Waals surface area contributed by atoms with Crippen LogP contribution in [0.2, 0.25) is 0 Å². The first-order chi connectivity index (χ1) is 8.50. The number of ether oxygens (including phenoxy) is 1. The second-order valence-electron chi connectivity index (χ2n) is 5.05. The third-order valence-corrected chi connectivity index (χ3v) is 3.43. The Hall–Kier alpha value is -1.33. The molecule has 0 aliphatic carbocycles. The molecule has 2 rings (SSSR count). The minimum atomic E-state index is -1.04. The molecule has 0 bridgehead atoms. The van der Waals surface area contributed by atoms with E-state index >= 15 is 0 Å². The third kappa shape index (κ3) is 2.91. The Morgan fingerprint density at radius 2 is 2.11 bits per heavy atom. The fraction of sp³-hybridized carbons (Fsp3) is 0.615. The number of hydrogen-bond donors (Lipinski definition) is 2. The molecule has 5 nitrogen and oxygen atoms in total. The largest absolute Gasteiger partial charge is 0.475 e. The van der Waals surface area contributed by atoms with Crippen LogP contribution < -0.4 is 5.32 Å². The van der Waals surface area contributed by atoms with Gasteiger partial charge in [-0.25, -0.2) is 4.79 Å². The number of nitrogens with one attached hydrogen (secondary N) is 1. The van der Waals surface area contributed by atoms with E-state index in [2.05, 4.69) is 12.2 Å². The maximum Gasteiger partial charge on any atom is 0.371 e. The summed E-state index contributed by atoms with van der Waals surface area (Å²) in [6.07, 6.45) is 1.90.